The Kier molecular flexibility index (Phi) is 5.41. The van der Waals surface area contributed by atoms with E-state index in [1.165, 1.54) is 43.8 Å². The largest absolute Gasteiger partial charge is 0.466 e. The summed E-state index contributed by atoms with van der Waals surface area (Å²) in [6, 6.07) is 6.39. The van der Waals surface area contributed by atoms with Crippen molar-refractivity contribution in [2.24, 2.45) is 0 Å². The molecule has 1 heterocycles. The van der Waals surface area contributed by atoms with E-state index in [0.29, 0.717) is 11.3 Å². The van der Waals surface area contributed by atoms with E-state index in [2.05, 4.69) is 20.6 Å². The minimum absolute atomic E-state index is 0.233. The van der Waals surface area contributed by atoms with Crippen LogP contribution >= 0.6 is 0 Å². The minimum atomic E-state index is -4.42. The maximum absolute atomic E-state index is 12.7. The molecule has 0 spiro atoms. The van der Waals surface area contributed by atoms with Crippen molar-refractivity contribution in [2.45, 2.75) is 6.18 Å². The van der Waals surface area contributed by atoms with Gasteiger partial charge in [0.1, 0.15) is 0 Å². The summed E-state index contributed by atoms with van der Waals surface area (Å²) in [6.07, 6.45) is 1.30. The number of anilines is 2. The van der Waals surface area contributed by atoms with E-state index in [0.717, 1.165) is 12.1 Å². The van der Waals surface area contributed by atoms with Gasteiger partial charge in [-0.1, -0.05) is 6.07 Å². The van der Waals surface area contributed by atoms with Gasteiger partial charge in [-0.3, -0.25) is 10.4 Å². The van der Waals surface area contributed by atoms with Crippen LogP contribution in [0.2, 0.25) is 0 Å². The Balaban J connectivity index is 2.13. The van der Waals surface area contributed by atoms with Gasteiger partial charge in [0, 0.05) is 17.8 Å². The first-order valence-corrected chi connectivity index (χ1v) is 6.79. The first-order chi connectivity index (χ1) is 11.4. The standard InChI is InChI=1S/C16H14F3N3O2/c1-24-15(23)6-5-11-7-8-20-10-14(11)22-21-13-4-2-3-12(9-13)16(17,18)19/h2-10,21-22H,1H3. The Morgan fingerprint density at radius 2 is 2.04 bits per heavy atom. The van der Waals surface area contributed by atoms with Crippen molar-refractivity contribution < 1.29 is 22.7 Å². The normalized spacial score (nSPS) is 11.3. The second kappa shape index (κ2) is 7.49. The Hall–Kier alpha value is -3.03. The molecule has 0 saturated carbocycles. The summed E-state index contributed by atoms with van der Waals surface area (Å²) in [5.74, 6) is -0.524. The number of esters is 1. The summed E-state index contributed by atoms with van der Waals surface area (Å²) in [5, 5.41) is 0. The number of rotatable bonds is 5. The van der Waals surface area contributed by atoms with Crippen molar-refractivity contribution in [3.8, 4) is 0 Å². The number of halogens is 3. The number of carbonyl (C=O) groups is 1. The van der Waals surface area contributed by atoms with Crippen molar-refractivity contribution in [3.05, 3.63) is 59.9 Å². The fourth-order valence-electron chi connectivity index (χ4n) is 1.79. The Labute approximate surface area is 136 Å². The van der Waals surface area contributed by atoms with Gasteiger partial charge in [0.05, 0.1) is 30.2 Å². The number of nitrogens with zero attached hydrogens (tertiary/aromatic N) is 1. The highest BCUT2D eigenvalue weighted by Crippen LogP contribution is 2.30. The molecule has 0 radical (unpaired) electrons. The molecular weight excluding hydrogens is 323 g/mol. The smallest absolute Gasteiger partial charge is 0.416 e. The number of benzene rings is 1. The molecule has 1 aromatic carbocycles. The van der Waals surface area contributed by atoms with Gasteiger partial charge in [0.15, 0.2) is 0 Å². The molecule has 24 heavy (non-hydrogen) atoms. The number of hydrogen-bond acceptors (Lipinski definition) is 5. The van der Waals surface area contributed by atoms with Gasteiger partial charge in [-0.25, -0.2) is 4.79 Å². The zero-order valence-electron chi connectivity index (χ0n) is 12.6. The van der Waals surface area contributed by atoms with Crippen LogP contribution in [0.25, 0.3) is 6.08 Å². The molecule has 0 unspecified atom stereocenters. The van der Waals surface area contributed by atoms with Gasteiger partial charge in [0.25, 0.3) is 0 Å². The number of nitrogens with one attached hydrogen (secondary N) is 2. The Bertz CT molecular complexity index is 745. The van der Waals surface area contributed by atoms with Gasteiger partial charge in [-0.05, 0) is 30.3 Å². The van der Waals surface area contributed by atoms with Crippen LogP contribution in [-0.4, -0.2) is 18.1 Å². The van der Waals surface area contributed by atoms with E-state index in [9.17, 15) is 18.0 Å². The summed E-state index contributed by atoms with van der Waals surface area (Å²) in [4.78, 5) is 15.1. The van der Waals surface area contributed by atoms with Crippen LogP contribution in [-0.2, 0) is 15.7 Å². The highest BCUT2D eigenvalue weighted by molar-refractivity contribution is 5.88. The second-order valence-electron chi connectivity index (χ2n) is 4.65. The average Bonchev–Trinajstić information content (AvgIpc) is 2.58. The van der Waals surface area contributed by atoms with E-state index < -0.39 is 17.7 Å². The summed E-state index contributed by atoms with van der Waals surface area (Å²) in [6.45, 7) is 0. The maximum atomic E-state index is 12.7. The number of carbonyl (C=O) groups excluding carboxylic acids is 1. The molecule has 0 aliphatic carbocycles. The number of methoxy groups -OCH3 is 1. The van der Waals surface area contributed by atoms with Gasteiger partial charge in [0.2, 0.25) is 0 Å². The molecule has 0 bridgehead atoms. The van der Waals surface area contributed by atoms with Crippen LogP contribution in [0.1, 0.15) is 11.1 Å². The first kappa shape index (κ1) is 17.3. The fraction of sp³-hybridized carbons (Fsp3) is 0.125. The molecule has 0 aliphatic heterocycles. The third kappa shape index (κ3) is 4.73. The van der Waals surface area contributed by atoms with E-state index in [4.69, 9.17) is 0 Å². The zero-order chi connectivity index (χ0) is 17.6. The number of ether oxygens (including phenoxy) is 1. The monoisotopic (exact) mass is 337 g/mol. The molecule has 8 heteroatoms. The lowest BCUT2D eigenvalue weighted by Gasteiger charge is -2.13. The third-order valence-corrected chi connectivity index (χ3v) is 2.99. The van der Waals surface area contributed by atoms with Gasteiger partial charge < -0.3 is 10.2 Å². The number of alkyl halides is 3. The molecule has 0 aliphatic rings. The molecule has 5 nitrogen and oxygen atoms in total. The van der Waals surface area contributed by atoms with Gasteiger partial charge in [-0.2, -0.15) is 13.2 Å². The Morgan fingerprint density at radius 1 is 1.25 bits per heavy atom. The third-order valence-electron chi connectivity index (χ3n) is 2.99. The molecule has 0 amide bonds. The molecule has 2 aromatic rings. The molecule has 0 saturated heterocycles. The van der Waals surface area contributed by atoms with Crippen molar-refractivity contribution in [1.29, 1.82) is 0 Å². The topological polar surface area (TPSA) is 63.2 Å². The van der Waals surface area contributed by atoms with Gasteiger partial charge >= 0.3 is 12.1 Å². The number of hydrogen-bond donors (Lipinski definition) is 2. The first-order valence-electron chi connectivity index (χ1n) is 6.79. The molecular formula is C16H14F3N3O2. The average molecular weight is 337 g/mol. The highest BCUT2D eigenvalue weighted by atomic mass is 19.4. The minimum Gasteiger partial charge on any atom is -0.466 e. The maximum Gasteiger partial charge on any atom is 0.416 e. The zero-order valence-corrected chi connectivity index (χ0v) is 12.6. The molecule has 126 valence electrons. The van der Waals surface area contributed by atoms with Crippen molar-refractivity contribution in [2.75, 3.05) is 18.0 Å². The number of pyridine rings is 1. The van der Waals surface area contributed by atoms with Crippen LogP contribution in [0, 0.1) is 0 Å². The fourth-order valence-corrected chi connectivity index (χ4v) is 1.79. The second-order valence-corrected chi connectivity index (χ2v) is 4.65. The van der Waals surface area contributed by atoms with E-state index in [-0.39, 0.29) is 5.69 Å². The van der Waals surface area contributed by atoms with Crippen molar-refractivity contribution in [1.82, 2.24) is 4.98 Å². The van der Waals surface area contributed by atoms with E-state index in [1.54, 1.807) is 6.07 Å². The lowest BCUT2D eigenvalue weighted by molar-refractivity contribution is -0.137. The van der Waals surface area contributed by atoms with E-state index in [1.807, 2.05) is 0 Å². The highest BCUT2D eigenvalue weighted by Gasteiger charge is 2.30. The van der Waals surface area contributed by atoms with Crippen LogP contribution in [0.3, 0.4) is 0 Å². The molecule has 2 rings (SSSR count). The van der Waals surface area contributed by atoms with Crippen molar-refractivity contribution in [3.63, 3.8) is 0 Å². The lowest BCUT2D eigenvalue weighted by atomic mass is 10.2. The van der Waals surface area contributed by atoms with Crippen LogP contribution in [0.5, 0.6) is 0 Å². The summed E-state index contributed by atoms with van der Waals surface area (Å²) < 4.78 is 42.6. The van der Waals surface area contributed by atoms with Crippen LogP contribution in [0.15, 0.2) is 48.8 Å². The lowest BCUT2D eigenvalue weighted by Crippen LogP contribution is -2.11. The predicted molar refractivity (Wildman–Crippen MR) is 84.0 cm³/mol. The SMILES string of the molecule is COC(=O)C=Cc1ccncc1NNc1cccc(C(F)(F)F)c1. The molecule has 1 aromatic heterocycles. The Morgan fingerprint density at radius 3 is 2.75 bits per heavy atom. The quantitative estimate of drug-likeness (QED) is 0.494. The van der Waals surface area contributed by atoms with Crippen LogP contribution < -0.4 is 10.9 Å². The summed E-state index contributed by atoms with van der Waals surface area (Å²) in [7, 11) is 1.26. The molecule has 2 N–H and O–H groups in total. The van der Waals surface area contributed by atoms with Crippen LogP contribution in [0.4, 0.5) is 24.5 Å². The summed E-state index contributed by atoms with van der Waals surface area (Å²) >= 11 is 0. The summed E-state index contributed by atoms with van der Waals surface area (Å²) in [5.41, 5.74) is 6.00. The predicted octanol–water partition coefficient (Wildman–Crippen LogP) is 3.73. The molecule has 0 fully saturated rings. The number of aromatic nitrogens is 1. The van der Waals surface area contributed by atoms with E-state index >= 15 is 0 Å². The van der Waals surface area contributed by atoms with Gasteiger partial charge in [-0.15, -0.1) is 0 Å². The molecule has 0 atom stereocenters. The van der Waals surface area contributed by atoms with Crippen molar-refractivity contribution >= 4 is 23.4 Å². The number of hydrazine groups is 1.